The van der Waals surface area contributed by atoms with Crippen LogP contribution in [-0.4, -0.2) is 10.5 Å². The zero-order valence-corrected chi connectivity index (χ0v) is 15.1. The van der Waals surface area contributed by atoms with Gasteiger partial charge in [-0.15, -0.1) is 0 Å². The highest BCUT2D eigenvalue weighted by molar-refractivity contribution is 6.68. The normalized spacial score (nSPS) is 15.0. The van der Waals surface area contributed by atoms with Gasteiger partial charge >= 0.3 is 0 Å². The Balaban J connectivity index is 1.82. The fourth-order valence-electron chi connectivity index (χ4n) is 3.26. The molecule has 2 aromatic carbocycles. The van der Waals surface area contributed by atoms with Crippen molar-refractivity contribution >= 4 is 33.7 Å². The van der Waals surface area contributed by atoms with Gasteiger partial charge in [0.1, 0.15) is 11.5 Å². The lowest BCUT2D eigenvalue weighted by molar-refractivity contribution is 0.106. The van der Waals surface area contributed by atoms with E-state index in [9.17, 15) is 9.59 Å². The molecule has 1 saturated carbocycles. The maximum absolute atomic E-state index is 11.6. The van der Waals surface area contributed by atoms with Gasteiger partial charge in [-0.1, -0.05) is 31.4 Å². The summed E-state index contributed by atoms with van der Waals surface area (Å²) in [7, 11) is 0. The molecule has 0 bridgehead atoms. The van der Waals surface area contributed by atoms with Crippen molar-refractivity contribution in [1.29, 1.82) is 0 Å². The van der Waals surface area contributed by atoms with Crippen molar-refractivity contribution in [3.63, 3.8) is 0 Å². The summed E-state index contributed by atoms with van der Waals surface area (Å²) in [6, 6.07) is 12.2. The van der Waals surface area contributed by atoms with Gasteiger partial charge in [-0.3, -0.25) is 9.59 Å². The smallest absolute Gasteiger partial charge is 0.256 e. The van der Waals surface area contributed by atoms with Gasteiger partial charge in [-0.25, -0.2) is 0 Å². The minimum absolute atomic E-state index is 0.194. The Labute approximate surface area is 156 Å². The molecule has 2 aromatic rings. The van der Waals surface area contributed by atoms with Crippen LogP contribution < -0.4 is 4.74 Å². The fourth-order valence-corrected chi connectivity index (χ4v) is 3.54. The zero-order chi connectivity index (χ0) is 17.8. The molecule has 0 unspecified atom stereocenters. The van der Waals surface area contributed by atoms with Crippen molar-refractivity contribution in [3.8, 4) is 11.5 Å². The van der Waals surface area contributed by atoms with Crippen molar-refractivity contribution in [1.82, 2.24) is 0 Å². The van der Waals surface area contributed by atoms with Gasteiger partial charge in [-0.05, 0) is 77.9 Å². The highest BCUT2D eigenvalue weighted by atomic mass is 35.5. The molecular weight excluding hydrogens is 359 g/mol. The maximum Gasteiger partial charge on any atom is 0.256 e. The van der Waals surface area contributed by atoms with E-state index in [1.807, 2.05) is 12.1 Å². The Morgan fingerprint density at radius 3 is 2.16 bits per heavy atom. The zero-order valence-electron chi connectivity index (χ0n) is 13.6. The number of ether oxygens (including phenoxy) is 1. The molecule has 0 aliphatic heterocycles. The van der Waals surface area contributed by atoms with Crippen LogP contribution in [0.4, 0.5) is 0 Å². The molecule has 25 heavy (non-hydrogen) atoms. The minimum atomic E-state index is -0.651. The van der Waals surface area contributed by atoms with Crippen LogP contribution in [0.5, 0.6) is 11.5 Å². The standard InChI is InChI=1S/C20H18Cl2O3/c21-19(23)15-8-11-17(20(22)24)18(12-15)25-16-9-6-14(7-10-16)13-4-2-1-3-5-13/h6-13H,1-5H2. The summed E-state index contributed by atoms with van der Waals surface area (Å²) in [4.78, 5) is 22.9. The van der Waals surface area contributed by atoms with E-state index >= 15 is 0 Å². The fraction of sp³-hybridized carbons (Fsp3) is 0.300. The van der Waals surface area contributed by atoms with Crippen molar-refractivity contribution < 1.29 is 14.3 Å². The first-order valence-corrected chi connectivity index (χ1v) is 9.11. The summed E-state index contributed by atoms with van der Waals surface area (Å²) in [6.45, 7) is 0. The van der Waals surface area contributed by atoms with E-state index < -0.39 is 10.5 Å². The van der Waals surface area contributed by atoms with E-state index in [1.165, 1.54) is 55.9 Å². The molecule has 1 aliphatic carbocycles. The molecule has 3 rings (SSSR count). The number of rotatable bonds is 5. The first-order valence-electron chi connectivity index (χ1n) is 8.36. The van der Waals surface area contributed by atoms with Crippen molar-refractivity contribution in [2.45, 2.75) is 38.0 Å². The summed E-state index contributed by atoms with van der Waals surface area (Å²) in [5.41, 5.74) is 1.75. The van der Waals surface area contributed by atoms with Crippen molar-refractivity contribution in [3.05, 3.63) is 59.2 Å². The Bertz CT molecular complexity index is 778. The molecule has 0 aromatic heterocycles. The largest absolute Gasteiger partial charge is 0.457 e. The molecule has 130 valence electrons. The van der Waals surface area contributed by atoms with Crippen molar-refractivity contribution in [2.24, 2.45) is 0 Å². The molecule has 0 amide bonds. The van der Waals surface area contributed by atoms with Gasteiger partial charge in [0.2, 0.25) is 0 Å². The third-order valence-electron chi connectivity index (χ3n) is 4.60. The van der Waals surface area contributed by atoms with Gasteiger partial charge in [0.25, 0.3) is 10.5 Å². The summed E-state index contributed by atoms with van der Waals surface area (Å²) < 4.78 is 5.79. The van der Waals surface area contributed by atoms with Crippen LogP contribution in [-0.2, 0) is 0 Å². The first-order chi connectivity index (χ1) is 12.0. The number of hydrogen-bond donors (Lipinski definition) is 0. The van der Waals surface area contributed by atoms with Crippen LogP contribution in [0.15, 0.2) is 42.5 Å². The average Bonchev–Trinajstić information content (AvgIpc) is 2.63. The highest BCUT2D eigenvalue weighted by Crippen LogP contribution is 2.34. The summed E-state index contributed by atoms with van der Waals surface area (Å²) >= 11 is 11.1. The Morgan fingerprint density at radius 2 is 1.56 bits per heavy atom. The molecule has 3 nitrogen and oxygen atoms in total. The number of hydrogen-bond acceptors (Lipinski definition) is 3. The predicted octanol–water partition coefficient (Wildman–Crippen LogP) is 6.28. The quantitative estimate of drug-likeness (QED) is 0.576. The third-order valence-corrected chi connectivity index (χ3v) is 5.03. The number of halogens is 2. The molecule has 0 heterocycles. The van der Waals surface area contributed by atoms with E-state index in [4.69, 9.17) is 27.9 Å². The molecule has 0 saturated heterocycles. The lowest BCUT2D eigenvalue weighted by Gasteiger charge is -2.22. The Morgan fingerprint density at radius 1 is 0.880 bits per heavy atom. The predicted molar refractivity (Wildman–Crippen MR) is 99.2 cm³/mol. The second-order valence-corrected chi connectivity index (χ2v) is 6.95. The van der Waals surface area contributed by atoms with Gasteiger partial charge in [0.05, 0.1) is 5.56 Å². The number of carbonyl (C=O) groups excluding carboxylic acids is 2. The summed E-state index contributed by atoms with van der Waals surface area (Å²) in [6.07, 6.45) is 6.34. The lowest BCUT2D eigenvalue weighted by atomic mass is 9.84. The van der Waals surface area contributed by atoms with Gasteiger partial charge in [-0.2, -0.15) is 0 Å². The van der Waals surface area contributed by atoms with Gasteiger partial charge in [0, 0.05) is 5.56 Å². The van der Waals surface area contributed by atoms with Crippen molar-refractivity contribution in [2.75, 3.05) is 0 Å². The maximum atomic E-state index is 11.6. The number of carbonyl (C=O) groups is 2. The van der Waals surface area contributed by atoms with Crippen LogP contribution in [0, 0.1) is 0 Å². The SMILES string of the molecule is O=C(Cl)c1ccc(C(=O)Cl)c(Oc2ccc(C3CCCCC3)cc2)c1. The van der Waals surface area contributed by atoms with Crippen LogP contribution >= 0.6 is 23.2 Å². The molecule has 0 radical (unpaired) electrons. The number of benzene rings is 2. The first kappa shape index (κ1) is 18.0. The average molecular weight is 377 g/mol. The summed E-state index contributed by atoms with van der Waals surface area (Å²) in [5, 5.41) is -1.27. The second-order valence-electron chi connectivity index (χ2n) is 6.26. The highest BCUT2D eigenvalue weighted by Gasteiger charge is 2.17. The molecule has 0 atom stereocenters. The molecule has 1 aliphatic rings. The Hall–Kier alpha value is -1.84. The molecule has 0 N–H and O–H groups in total. The second kappa shape index (κ2) is 8.03. The van der Waals surface area contributed by atoms with Crippen LogP contribution in [0.2, 0.25) is 0 Å². The van der Waals surface area contributed by atoms with E-state index in [1.54, 1.807) is 0 Å². The van der Waals surface area contributed by atoms with E-state index in [-0.39, 0.29) is 16.9 Å². The van der Waals surface area contributed by atoms with E-state index in [0.717, 1.165) is 0 Å². The monoisotopic (exact) mass is 376 g/mol. The molecule has 1 fully saturated rings. The minimum Gasteiger partial charge on any atom is -0.457 e. The van der Waals surface area contributed by atoms with Gasteiger partial charge < -0.3 is 4.74 Å². The Kier molecular flexibility index (Phi) is 5.77. The summed E-state index contributed by atoms with van der Waals surface area (Å²) in [5.74, 6) is 1.41. The topological polar surface area (TPSA) is 43.4 Å². The molecule has 0 spiro atoms. The van der Waals surface area contributed by atoms with E-state index in [2.05, 4.69) is 12.1 Å². The third kappa shape index (κ3) is 4.42. The van der Waals surface area contributed by atoms with Gasteiger partial charge in [0.15, 0.2) is 0 Å². The van der Waals surface area contributed by atoms with Crippen LogP contribution in [0.1, 0.15) is 64.3 Å². The lowest BCUT2D eigenvalue weighted by Crippen LogP contribution is -2.04. The molecular formula is C20H18Cl2O3. The van der Waals surface area contributed by atoms with Crippen LogP contribution in [0.25, 0.3) is 0 Å². The van der Waals surface area contributed by atoms with E-state index in [0.29, 0.717) is 11.7 Å². The van der Waals surface area contributed by atoms with Crippen LogP contribution in [0.3, 0.4) is 0 Å². The molecule has 5 heteroatoms.